The Morgan fingerprint density at radius 1 is 1.50 bits per heavy atom. The van der Waals surface area contributed by atoms with Crippen molar-refractivity contribution < 1.29 is 9.90 Å². The van der Waals surface area contributed by atoms with Gasteiger partial charge in [-0.2, -0.15) is 0 Å². The monoisotopic (exact) mass is 166 g/mol. The fourth-order valence-corrected chi connectivity index (χ4v) is 2.39. The van der Waals surface area contributed by atoms with Gasteiger partial charge in [0, 0.05) is 12.3 Å². The van der Waals surface area contributed by atoms with E-state index in [9.17, 15) is 9.90 Å². The van der Waals surface area contributed by atoms with Crippen LogP contribution in [-0.4, -0.2) is 16.5 Å². The van der Waals surface area contributed by atoms with Crippen molar-refractivity contribution in [3.05, 3.63) is 12.2 Å². The number of fused-ring (bicyclic) bond motifs is 1. The number of hydrogen-bond donors (Lipinski definition) is 1. The molecule has 2 nitrogen and oxygen atoms in total. The first kappa shape index (κ1) is 7.99. The molecule has 1 fully saturated rings. The molecule has 2 aliphatic carbocycles. The predicted molar refractivity (Wildman–Crippen MR) is 45.7 cm³/mol. The Kier molecular flexibility index (Phi) is 1.80. The van der Waals surface area contributed by atoms with Gasteiger partial charge in [-0.15, -0.1) is 0 Å². The van der Waals surface area contributed by atoms with Crippen molar-refractivity contribution in [2.24, 2.45) is 5.92 Å². The standard InChI is InChI=1S/C10H14O2/c11-9-5-1-2-6-10(12)7-3-4-8(9)10/h1-2,8,12H,3-7H2. The second kappa shape index (κ2) is 2.70. The molecule has 0 aliphatic heterocycles. The van der Waals surface area contributed by atoms with E-state index >= 15 is 0 Å². The average molecular weight is 166 g/mol. The van der Waals surface area contributed by atoms with Crippen LogP contribution in [0.1, 0.15) is 32.1 Å². The maximum absolute atomic E-state index is 11.5. The van der Waals surface area contributed by atoms with Gasteiger partial charge in [0.1, 0.15) is 5.78 Å². The van der Waals surface area contributed by atoms with Crippen LogP contribution in [0.5, 0.6) is 0 Å². The van der Waals surface area contributed by atoms with E-state index in [1.54, 1.807) is 0 Å². The van der Waals surface area contributed by atoms with Crippen LogP contribution in [0.25, 0.3) is 0 Å². The lowest BCUT2D eigenvalue weighted by Gasteiger charge is -2.26. The maximum Gasteiger partial charge on any atom is 0.142 e. The van der Waals surface area contributed by atoms with Crippen LogP contribution >= 0.6 is 0 Å². The normalized spacial score (nSPS) is 41.1. The molecule has 1 N–H and O–H groups in total. The summed E-state index contributed by atoms with van der Waals surface area (Å²) in [5, 5.41) is 10.1. The summed E-state index contributed by atoms with van der Waals surface area (Å²) in [6, 6.07) is 0. The highest BCUT2D eigenvalue weighted by Gasteiger charge is 2.44. The minimum atomic E-state index is -0.690. The molecule has 66 valence electrons. The van der Waals surface area contributed by atoms with E-state index in [1.165, 1.54) is 0 Å². The zero-order valence-corrected chi connectivity index (χ0v) is 7.12. The summed E-state index contributed by atoms with van der Waals surface area (Å²) in [7, 11) is 0. The molecule has 0 aromatic carbocycles. The van der Waals surface area contributed by atoms with Crippen LogP contribution in [0.3, 0.4) is 0 Å². The smallest absolute Gasteiger partial charge is 0.142 e. The van der Waals surface area contributed by atoms with Crippen LogP contribution in [-0.2, 0) is 4.79 Å². The molecule has 0 heterocycles. The predicted octanol–water partition coefficient (Wildman–Crippen LogP) is 1.44. The Labute approximate surface area is 72.3 Å². The number of allylic oxidation sites excluding steroid dienone is 1. The van der Waals surface area contributed by atoms with Crippen molar-refractivity contribution in [2.45, 2.75) is 37.7 Å². The molecule has 2 aliphatic rings. The summed E-state index contributed by atoms with van der Waals surface area (Å²) in [6.45, 7) is 0. The number of Topliss-reactive ketones (excluding diaryl/α,β-unsaturated/α-hetero) is 1. The summed E-state index contributed by atoms with van der Waals surface area (Å²) in [5.74, 6) is 0.149. The Hall–Kier alpha value is -0.630. The van der Waals surface area contributed by atoms with E-state index in [-0.39, 0.29) is 11.7 Å². The Bertz CT molecular complexity index is 232. The summed E-state index contributed by atoms with van der Waals surface area (Å²) in [6.07, 6.45) is 7.71. The molecule has 2 heteroatoms. The molecule has 1 saturated carbocycles. The minimum Gasteiger partial charge on any atom is -0.389 e. The average Bonchev–Trinajstić information content (AvgIpc) is 2.36. The number of ketones is 1. The molecule has 2 rings (SSSR count). The molecule has 12 heavy (non-hydrogen) atoms. The van der Waals surface area contributed by atoms with Crippen molar-refractivity contribution in [1.29, 1.82) is 0 Å². The summed E-state index contributed by atoms with van der Waals surface area (Å²) in [5.41, 5.74) is -0.690. The summed E-state index contributed by atoms with van der Waals surface area (Å²) >= 11 is 0. The molecule has 0 aromatic rings. The van der Waals surface area contributed by atoms with Crippen molar-refractivity contribution >= 4 is 5.78 Å². The first-order valence-corrected chi connectivity index (χ1v) is 4.62. The van der Waals surface area contributed by atoms with Crippen molar-refractivity contribution in [3.8, 4) is 0 Å². The van der Waals surface area contributed by atoms with Crippen LogP contribution in [0.15, 0.2) is 12.2 Å². The van der Waals surface area contributed by atoms with Crippen LogP contribution in [0.4, 0.5) is 0 Å². The van der Waals surface area contributed by atoms with Gasteiger partial charge in [-0.3, -0.25) is 4.79 Å². The lowest BCUT2D eigenvalue weighted by Crippen LogP contribution is -2.36. The SMILES string of the molecule is O=C1CC=CCC2(O)CCCC12. The van der Waals surface area contributed by atoms with E-state index in [0.717, 1.165) is 19.3 Å². The van der Waals surface area contributed by atoms with E-state index in [1.807, 2.05) is 12.2 Å². The number of carbonyl (C=O) groups is 1. The van der Waals surface area contributed by atoms with Gasteiger partial charge in [-0.05, 0) is 25.7 Å². The zero-order valence-electron chi connectivity index (χ0n) is 7.12. The second-order valence-corrected chi connectivity index (χ2v) is 3.89. The van der Waals surface area contributed by atoms with Crippen molar-refractivity contribution in [1.82, 2.24) is 0 Å². The first-order chi connectivity index (χ1) is 5.72. The van der Waals surface area contributed by atoms with E-state index in [0.29, 0.717) is 12.8 Å². The molecule has 0 radical (unpaired) electrons. The lowest BCUT2D eigenvalue weighted by molar-refractivity contribution is -0.128. The highest BCUT2D eigenvalue weighted by atomic mass is 16.3. The highest BCUT2D eigenvalue weighted by molar-refractivity contribution is 5.84. The molecule has 0 aromatic heterocycles. The molecule has 0 bridgehead atoms. The number of aliphatic hydroxyl groups is 1. The fraction of sp³-hybridized carbons (Fsp3) is 0.700. The second-order valence-electron chi connectivity index (χ2n) is 3.89. The third-order valence-corrected chi connectivity index (χ3v) is 3.10. The van der Waals surface area contributed by atoms with Gasteiger partial charge >= 0.3 is 0 Å². The third-order valence-electron chi connectivity index (χ3n) is 3.10. The van der Waals surface area contributed by atoms with Crippen molar-refractivity contribution in [2.75, 3.05) is 0 Å². The zero-order chi connectivity index (χ0) is 8.60. The summed E-state index contributed by atoms with van der Waals surface area (Å²) in [4.78, 5) is 11.5. The molecule has 0 saturated heterocycles. The molecule has 0 spiro atoms. The molecular weight excluding hydrogens is 152 g/mol. The topological polar surface area (TPSA) is 37.3 Å². The van der Waals surface area contributed by atoms with Gasteiger partial charge in [0.2, 0.25) is 0 Å². The van der Waals surface area contributed by atoms with Gasteiger partial charge in [0.25, 0.3) is 0 Å². The highest BCUT2D eigenvalue weighted by Crippen LogP contribution is 2.40. The Morgan fingerprint density at radius 3 is 3.17 bits per heavy atom. The van der Waals surface area contributed by atoms with Gasteiger partial charge in [-0.25, -0.2) is 0 Å². The van der Waals surface area contributed by atoms with E-state index in [2.05, 4.69) is 0 Å². The Morgan fingerprint density at radius 2 is 2.33 bits per heavy atom. The van der Waals surface area contributed by atoms with Crippen LogP contribution in [0, 0.1) is 5.92 Å². The molecular formula is C10H14O2. The van der Waals surface area contributed by atoms with Gasteiger partial charge < -0.3 is 5.11 Å². The largest absolute Gasteiger partial charge is 0.389 e. The Balaban J connectivity index is 2.27. The number of carbonyl (C=O) groups excluding carboxylic acids is 1. The fourth-order valence-electron chi connectivity index (χ4n) is 2.39. The summed E-state index contributed by atoms with van der Waals surface area (Å²) < 4.78 is 0. The third kappa shape index (κ3) is 1.11. The quantitative estimate of drug-likeness (QED) is 0.553. The lowest BCUT2D eigenvalue weighted by atomic mass is 9.86. The van der Waals surface area contributed by atoms with E-state index in [4.69, 9.17) is 0 Å². The van der Waals surface area contributed by atoms with Crippen LogP contribution < -0.4 is 0 Å². The van der Waals surface area contributed by atoms with Gasteiger partial charge in [0.15, 0.2) is 0 Å². The minimum absolute atomic E-state index is 0.0764. The molecule has 2 atom stereocenters. The number of rotatable bonds is 0. The maximum atomic E-state index is 11.5. The molecule has 2 unspecified atom stereocenters. The number of hydrogen-bond acceptors (Lipinski definition) is 2. The first-order valence-electron chi connectivity index (χ1n) is 4.62. The van der Waals surface area contributed by atoms with Gasteiger partial charge in [-0.1, -0.05) is 12.2 Å². The van der Waals surface area contributed by atoms with Crippen LogP contribution in [0.2, 0.25) is 0 Å². The van der Waals surface area contributed by atoms with Crippen molar-refractivity contribution in [3.63, 3.8) is 0 Å². The van der Waals surface area contributed by atoms with Gasteiger partial charge in [0.05, 0.1) is 5.60 Å². The van der Waals surface area contributed by atoms with E-state index < -0.39 is 5.60 Å². The molecule has 0 amide bonds.